The molecule has 6 nitrogen and oxygen atoms in total. The van der Waals surface area contributed by atoms with Crippen molar-refractivity contribution in [3.63, 3.8) is 0 Å². The Morgan fingerprint density at radius 2 is 1.59 bits per heavy atom. The Kier molecular flexibility index (Phi) is 9.54. The van der Waals surface area contributed by atoms with E-state index in [-0.39, 0.29) is 30.6 Å². The molecule has 0 unspecified atom stereocenters. The predicted octanol–water partition coefficient (Wildman–Crippen LogP) is 6.85. The Hall–Kier alpha value is -3.46. The molecular weight excluding hydrogens is 532 g/mol. The molecule has 4 aromatic carbocycles. The lowest BCUT2D eigenvalue weighted by Crippen LogP contribution is -2.38. The van der Waals surface area contributed by atoms with Gasteiger partial charge in [-0.1, -0.05) is 73.7 Å². The van der Waals surface area contributed by atoms with Gasteiger partial charge in [0.25, 0.3) is 0 Å². The number of nitrogens with two attached hydrogens (primary N) is 1. The number of carbonyl (C=O) groups excluding carboxylic acids is 1. The van der Waals surface area contributed by atoms with E-state index in [1.165, 1.54) is 6.92 Å². The van der Waals surface area contributed by atoms with Gasteiger partial charge in [0.05, 0.1) is 18.8 Å². The van der Waals surface area contributed by atoms with E-state index in [1.54, 1.807) is 11.8 Å². The van der Waals surface area contributed by atoms with Gasteiger partial charge in [0.15, 0.2) is 6.29 Å². The number of ether oxygens (including phenoxy) is 2. The zero-order valence-electron chi connectivity index (χ0n) is 23.3. The molecule has 4 N–H and O–H groups in total. The van der Waals surface area contributed by atoms with Crippen molar-refractivity contribution in [1.29, 1.82) is 0 Å². The molecule has 0 bridgehead atoms. The maximum atomic E-state index is 11.4. The van der Waals surface area contributed by atoms with Crippen LogP contribution in [0.2, 0.25) is 0 Å². The van der Waals surface area contributed by atoms with E-state index in [0.717, 1.165) is 49.7 Å². The third-order valence-corrected chi connectivity index (χ3v) is 8.49. The molecule has 0 saturated carbocycles. The number of hydrogen-bond donors (Lipinski definition) is 3. The first-order chi connectivity index (χ1) is 19.9. The summed E-state index contributed by atoms with van der Waals surface area (Å²) in [5, 5.41) is 12.3. The second kappa shape index (κ2) is 13.5. The van der Waals surface area contributed by atoms with Crippen LogP contribution >= 0.6 is 11.8 Å². The lowest BCUT2D eigenvalue weighted by Gasteiger charge is -2.41. The van der Waals surface area contributed by atoms with Crippen molar-refractivity contribution in [2.75, 3.05) is 11.1 Å². The summed E-state index contributed by atoms with van der Waals surface area (Å²) in [7, 11) is 0. The van der Waals surface area contributed by atoms with Crippen molar-refractivity contribution in [3.8, 4) is 11.1 Å². The molecule has 0 spiro atoms. The van der Waals surface area contributed by atoms with Gasteiger partial charge in [0.1, 0.15) is 0 Å². The first kappa shape index (κ1) is 29.0. The van der Waals surface area contributed by atoms with Gasteiger partial charge in [-0.25, -0.2) is 0 Å². The summed E-state index contributed by atoms with van der Waals surface area (Å²) < 4.78 is 13.2. The monoisotopic (exact) mass is 568 g/mol. The van der Waals surface area contributed by atoms with Gasteiger partial charge in [-0.05, 0) is 58.1 Å². The van der Waals surface area contributed by atoms with Crippen molar-refractivity contribution in [3.05, 3.63) is 119 Å². The topological polar surface area (TPSA) is 93.8 Å². The third kappa shape index (κ3) is 7.25. The van der Waals surface area contributed by atoms with Crippen LogP contribution in [0.1, 0.15) is 48.5 Å². The van der Waals surface area contributed by atoms with Gasteiger partial charge >= 0.3 is 0 Å². The third-order valence-electron chi connectivity index (χ3n) is 7.39. The number of aliphatic hydroxyl groups is 1. The van der Waals surface area contributed by atoms with Gasteiger partial charge in [-0.15, -0.1) is 11.8 Å². The summed E-state index contributed by atoms with van der Waals surface area (Å²) in [4.78, 5) is 12.5. The Bertz CT molecular complexity index is 1440. The zero-order chi connectivity index (χ0) is 28.8. The van der Waals surface area contributed by atoms with Gasteiger partial charge in [-0.2, -0.15) is 0 Å². The highest BCUT2D eigenvalue weighted by Gasteiger charge is 2.38. The summed E-state index contributed by atoms with van der Waals surface area (Å²) in [5.41, 5.74) is 12.8. The fourth-order valence-corrected chi connectivity index (χ4v) is 6.10. The fourth-order valence-electron chi connectivity index (χ4n) is 5.04. The minimum Gasteiger partial charge on any atom is -0.392 e. The molecule has 5 rings (SSSR count). The lowest BCUT2D eigenvalue weighted by atomic mass is 9.91. The molecule has 212 valence electrons. The Balaban J connectivity index is 1.36. The Morgan fingerprint density at radius 3 is 2.24 bits per heavy atom. The fraction of sp³-hybridized carbons (Fsp3) is 0.265. The predicted molar refractivity (Wildman–Crippen MR) is 164 cm³/mol. The van der Waals surface area contributed by atoms with E-state index in [9.17, 15) is 9.90 Å². The van der Waals surface area contributed by atoms with E-state index in [1.807, 2.05) is 60.7 Å². The molecule has 1 aliphatic heterocycles. The molecule has 7 heteroatoms. The number of benzene rings is 4. The summed E-state index contributed by atoms with van der Waals surface area (Å²) in [6.07, 6.45) is -0.766. The largest absolute Gasteiger partial charge is 0.392 e. The second-order valence-electron chi connectivity index (χ2n) is 10.4. The molecule has 0 radical (unpaired) electrons. The van der Waals surface area contributed by atoms with Crippen molar-refractivity contribution >= 4 is 23.4 Å². The first-order valence-electron chi connectivity index (χ1n) is 13.8. The number of aliphatic hydroxyl groups excluding tert-OH is 1. The van der Waals surface area contributed by atoms with E-state index >= 15 is 0 Å². The number of amides is 1. The molecular formula is C34H36N2O4S. The van der Waals surface area contributed by atoms with Gasteiger partial charge in [0.2, 0.25) is 5.91 Å². The SMILES string of the molecule is CC(=O)Nc1ccc(SC[C@H]2O[C@@H](c3ccc(-c4cccc(CN)c4)cc3)O[C@@H](c3ccc(CO)cc3)[C@H]2C)cc1. The highest BCUT2D eigenvalue weighted by atomic mass is 32.2. The number of thioether (sulfide) groups is 1. The van der Waals surface area contributed by atoms with Crippen molar-refractivity contribution in [2.45, 2.75) is 50.4 Å². The van der Waals surface area contributed by atoms with Crippen LogP contribution in [0.25, 0.3) is 11.1 Å². The van der Waals surface area contributed by atoms with Crippen LogP contribution in [0.5, 0.6) is 0 Å². The average Bonchev–Trinajstić information content (AvgIpc) is 3.01. The summed E-state index contributed by atoms with van der Waals surface area (Å²) in [6, 6.07) is 32.4. The Labute approximate surface area is 245 Å². The standard InChI is InChI=1S/C34H36N2O4S/c1-22-32(21-41-31-16-14-30(15-17-31)36-23(2)38)39-34(40-33(22)27-8-6-24(20-37)7-9-27)28-12-10-26(11-13-28)29-5-3-4-25(18-29)19-35/h3-18,22,32-34,37H,19-21,35H2,1-2H3,(H,36,38)/t22-,32+,33+,34+/m0/s1. The number of carbonyl (C=O) groups is 1. The average molecular weight is 569 g/mol. The quantitative estimate of drug-likeness (QED) is 0.191. The molecule has 1 aliphatic rings. The number of anilines is 1. The molecule has 1 heterocycles. The number of nitrogens with one attached hydrogen (secondary N) is 1. The van der Waals surface area contributed by atoms with Crippen LogP contribution in [0, 0.1) is 5.92 Å². The van der Waals surface area contributed by atoms with E-state index in [0.29, 0.717) is 6.54 Å². The highest BCUT2D eigenvalue weighted by Crippen LogP contribution is 2.43. The smallest absolute Gasteiger partial charge is 0.221 e. The lowest BCUT2D eigenvalue weighted by molar-refractivity contribution is -0.268. The molecule has 4 aromatic rings. The summed E-state index contributed by atoms with van der Waals surface area (Å²) in [5.74, 6) is 0.752. The maximum absolute atomic E-state index is 11.4. The second-order valence-corrected chi connectivity index (χ2v) is 11.5. The summed E-state index contributed by atoms with van der Waals surface area (Å²) in [6.45, 7) is 4.18. The van der Waals surface area contributed by atoms with Crippen LogP contribution in [0.3, 0.4) is 0 Å². The maximum Gasteiger partial charge on any atom is 0.221 e. The van der Waals surface area contributed by atoms with Crippen molar-refractivity contribution < 1.29 is 19.4 Å². The van der Waals surface area contributed by atoms with Crippen LogP contribution < -0.4 is 11.1 Å². The molecule has 0 aliphatic carbocycles. The summed E-state index contributed by atoms with van der Waals surface area (Å²) >= 11 is 1.73. The molecule has 41 heavy (non-hydrogen) atoms. The molecule has 4 atom stereocenters. The minimum absolute atomic E-state index is 0.00756. The van der Waals surface area contributed by atoms with Gasteiger partial charge in [-0.3, -0.25) is 4.79 Å². The molecule has 1 fully saturated rings. The van der Waals surface area contributed by atoms with Gasteiger partial charge in [0, 0.05) is 41.3 Å². The highest BCUT2D eigenvalue weighted by molar-refractivity contribution is 7.99. The Morgan fingerprint density at radius 1 is 0.878 bits per heavy atom. The number of hydrogen-bond acceptors (Lipinski definition) is 6. The first-order valence-corrected chi connectivity index (χ1v) is 14.8. The van der Waals surface area contributed by atoms with E-state index in [2.05, 4.69) is 48.6 Å². The minimum atomic E-state index is -0.522. The van der Waals surface area contributed by atoms with Crippen LogP contribution in [-0.4, -0.2) is 22.9 Å². The molecule has 0 aromatic heterocycles. The zero-order valence-corrected chi connectivity index (χ0v) is 24.1. The van der Waals surface area contributed by atoms with E-state index < -0.39 is 6.29 Å². The molecule has 1 saturated heterocycles. The van der Waals surface area contributed by atoms with Crippen molar-refractivity contribution in [2.24, 2.45) is 11.7 Å². The van der Waals surface area contributed by atoms with Crippen LogP contribution in [-0.2, 0) is 27.4 Å². The normalized spacial score (nSPS) is 20.5. The van der Waals surface area contributed by atoms with Crippen LogP contribution in [0.4, 0.5) is 5.69 Å². The van der Waals surface area contributed by atoms with Crippen LogP contribution in [0.15, 0.2) is 102 Å². The van der Waals surface area contributed by atoms with Gasteiger partial charge < -0.3 is 25.6 Å². The van der Waals surface area contributed by atoms with E-state index in [4.69, 9.17) is 15.2 Å². The molecule has 1 amide bonds. The number of rotatable bonds is 9. The van der Waals surface area contributed by atoms with Crippen molar-refractivity contribution in [1.82, 2.24) is 0 Å².